The number of rotatable bonds is 7. The topological polar surface area (TPSA) is 63.7 Å². The Bertz CT molecular complexity index is 1350. The van der Waals surface area contributed by atoms with Crippen LogP contribution in [0.3, 0.4) is 0 Å². The van der Waals surface area contributed by atoms with Crippen molar-refractivity contribution in [2.24, 2.45) is 11.3 Å². The Morgan fingerprint density at radius 3 is 2.82 bits per heavy atom. The second kappa shape index (κ2) is 11.4. The maximum atomic E-state index is 12.7. The molecule has 1 N–H and O–H groups in total. The summed E-state index contributed by atoms with van der Waals surface area (Å²) in [7, 11) is 0. The summed E-state index contributed by atoms with van der Waals surface area (Å²) in [5.41, 5.74) is 8.03. The molecule has 0 amide bonds. The average molecular weight is 528 g/mol. The van der Waals surface area contributed by atoms with Gasteiger partial charge < -0.3 is 19.7 Å². The van der Waals surface area contributed by atoms with E-state index in [1.54, 1.807) is 0 Å². The number of aryl methyl sites for hydroxylation is 1. The summed E-state index contributed by atoms with van der Waals surface area (Å²) in [6.45, 7) is 14.8. The van der Waals surface area contributed by atoms with Crippen LogP contribution in [0.1, 0.15) is 55.0 Å². The first kappa shape index (κ1) is 27.2. The van der Waals surface area contributed by atoms with Crippen LogP contribution in [-0.4, -0.2) is 37.2 Å². The molecule has 0 radical (unpaired) electrons. The molecule has 0 unspecified atom stereocenters. The van der Waals surface area contributed by atoms with Crippen molar-refractivity contribution in [2.75, 3.05) is 31.1 Å². The normalized spacial score (nSPS) is 20.8. The molecule has 5 rings (SSSR count). The van der Waals surface area contributed by atoms with E-state index in [0.29, 0.717) is 13.2 Å². The van der Waals surface area contributed by atoms with Gasteiger partial charge in [0.15, 0.2) is 0 Å². The van der Waals surface area contributed by atoms with E-state index >= 15 is 0 Å². The molecule has 2 atom stereocenters. The summed E-state index contributed by atoms with van der Waals surface area (Å²) in [6.07, 6.45) is 1.81. The maximum Gasteiger partial charge on any atom is 0.312 e. The number of esters is 1. The van der Waals surface area contributed by atoms with Gasteiger partial charge in [0.1, 0.15) is 18.2 Å². The van der Waals surface area contributed by atoms with Crippen LogP contribution >= 0.6 is 0 Å². The Morgan fingerprint density at radius 2 is 2.03 bits per heavy atom. The zero-order valence-corrected chi connectivity index (χ0v) is 24.0. The number of carbonyl (C=O) groups is 1. The van der Waals surface area contributed by atoms with Crippen LogP contribution in [0.25, 0.3) is 11.3 Å². The van der Waals surface area contributed by atoms with Gasteiger partial charge in [0.05, 0.1) is 17.7 Å². The molecule has 0 saturated carbocycles. The molecular weight excluding hydrogens is 486 g/mol. The summed E-state index contributed by atoms with van der Waals surface area (Å²) in [5.74, 6) is 1.83. The third-order valence-corrected chi connectivity index (χ3v) is 8.75. The highest BCUT2D eigenvalue weighted by atomic mass is 16.5. The van der Waals surface area contributed by atoms with E-state index in [-0.39, 0.29) is 11.9 Å². The van der Waals surface area contributed by atoms with Crippen LogP contribution in [0, 0.1) is 25.2 Å². The van der Waals surface area contributed by atoms with Crippen molar-refractivity contribution >= 4 is 11.8 Å². The molecule has 2 aromatic carbocycles. The number of piperidine rings is 1. The third kappa shape index (κ3) is 5.53. The minimum atomic E-state index is -0.465. The average Bonchev–Trinajstić information content (AvgIpc) is 2.95. The molecule has 1 aromatic heterocycles. The third-order valence-electron chi connectivity index (χ3n) is 8.75. The molecule has 2 aliphatic heterocycles. The highest BCUT2D eigenvalue weighted by molar-refractivity contribution is 5.77. The van der Waals surface area contributed by atoms with Crippen LogP contribution < -0.4 is 15.0 Å². The van der Waals surface area contributed by atoms with E-state index in [1.807, 2.05) is 13.8 Å². The fourth-order valence-corrected chi connectivity index (χ4v) is 5.89. The second-order valence-corrected chi connectivity index (χ2v) is 11.3. The van der Waals surface area contributed by atoms with Crippen molar-refractivity contribution in [1.82, 2.24) is 10.3 Å². The van der Waals surface area contributed by atoms with Crippen molar-refractivity contribution in [3.05, 3.63) is 76.3 Å². The van der Waals surface area contributed by atoms with Crippen molar-refractivity contribution < 1.29 is 14.3 Å². The molecule has 0 spiro atoms. The number of aromatic nitrogens is 1. The lowest BCUT2D eigenvalue weighted by Gasteiger charge is -2.43. The zero-order valence-electron chi connectivity index (χ0n) is 24.0. The summed E-state index contributed by atoms with van der Waals surface area (Å²) < 4.78 is 11.9. The van der Waals surface area contributed by atoms with Gasteiger partial charge in [-0.2, -0.15) is 0 Å². The fourth-order valence-electron chi connectivity index (χ4n) is 5.89. The number of pyridine rings is 1. The van der Waals surface area contributed by atoms with E-state index < -0.39 is 5.41 Å². The first-order valence-electron chi connectivity index (χ1n) is 14.2. The number of ether oxygens (including phenoxy) is 2. The minimum absolute atomic E-state index is 0.0914. The molecular formula is C33H41N3O3. The Balaban J connectivity index is 1.36. The van der Waals surface area contributed by atoms with E-state index in [1.165, 1.54) is 27.8 Å². The molecule has 2 aliphatic rings. The SMILES string of the molecule is CCOC(=O)[C@@]1(C)CCN(c2cccc(-c3cc(C)ccc3OCc3ccc4c(c3C)CCNC4)n2)C[C@@H]1C. The molecule has 39 heavy (non-hydrogen) atoms. The maximum absolute atomic E-state index is 12.7. The van der Waals surface area contributed by atoms with Crippen molar-refractivity contribution in [2.45, 2.75) is 60.6 Å². The van der Waals surface area contributed by atoms with Crippen molar-refractivity contribution in [3.63, 3.8) is 0 Å². The number of nitrogens with one attached hydrogen (secondary N) is 1. The number of benzene rings is 2. The standard InChI is InChI=1S/C33H41N3O3/c1-6-38-32(37)33(5)15-17-36(20-23(33)3)31-9-7-8-29(35-31)28-18-22(2)10-13-30(28)39-21-26-12-11-25-19-34-16-14-27(25)24(26)4/h7-13,18,23,34H,6,14-17,19-21H2,1-5H3/t23-,33-/m0/s1. The van der Waals surface area contributed by atoms with Gasteiger partial charge in [-0.15, -0.1) is 0 Å². The van der Waals surface area contributed by atoms with Crippen LogP contribution in [0.2, 0.25) is 0 Å². The van der Waals surface area contributed by atoms with Gasteiger partial charge >= 0.3 is 5.97 Å². The molecule has 0 aliphatic carbocycles. The lowest BCUT2D eigenvalue weighted by molar-refractivity contribution is -0.158. The predicted octanol–water partition coefficient (Wildman–Crippen LogP) is 6.01. The zero-order chi connectivity index (χ0) is 27.6. The highest BCUT2D eigenvalue weighted by Gasteiger charge is 2.44. The lowest BCUT2D eigenvalue weighted by Crippen LogP contribution is -2.49. The Kier molecular flexibility index (Phi) is 7.94. The number of carbonyl (C=O) groups excluding carboxylic acids is 1. The molecule has 1 fully saturated rings. The molecule has 6 nitrogen and oxygen atoms in total. The van der Waals surface area contributed by atoms with E-state index in [2.05, 4.69) is 79.5 Å². The van der Waals surface area contributed by atoms with Gasteiger partial charge in [-0.1, -0.05) is 36.8 Å². The van der Waals surface area contributed by atoms with Gasteiger partial charge in [-0.3, -0.25) is 4.79 Å². The quantitative estimate of drug-likeness (QED) is 0.380. The molecule has 206 valence electrons. The number of hydrogen-bond donors (Lipinski definition) is 1. The molecule has 1 saturated heterocycles. The Labute approximate surface area is 232 Å². The smallest absolute Gasteiger partial charge is 0.312 e. The first-order chi connectivity index (χ1) is 18.8. The largest absolute Gasteiger partial charge is 0.488 e. The predicted molar refractivity (Wildman–Crippen MR) is 156 cm³/mol. The van der Waals surface area contributed by atoms with Gasteiger partial charge in [0.2, 0.25) is 0 Å². The van der Waals surface area contributed by atoms with Crippen LogP contribution in [0.5, 0.6) is 5.75 Å². The number of nitrogens with zero attached hydrogens (tertiary/aromatic N) is 2. The monoisotopic (exact) mass is 527 g/mol. The minimum Gasteiger partial charge on any atom is -0.488 e. The summed E-state index contributed by atoms with van der Waals surface area (Å²) in [5, 5.41) is 3.46. The van der Waals surface area contributed by atoms with Crippen molar-refractivity contribution in [3.8, 4) is 17.0 Å². The lowest BCUT2D eigenvalue weighted by atomic mass is 9.72. The van der Waals surface area contributed by atoms with Crippen LogP contribution in [0.4, 0.5) is 5.82 Å². The molecule has 0 bridgehead atoms. The summed E-state index contributed by atoms with van der Waals surface area (Å²) in [6, 6.07) is 16.9. The molecule has 3 aromatic rings. The molecule has 6 heteroatoms. The van der Waals surface area contributed by atoms with Gasteiger partial charge in [0.25, 0.3) is 0 Å². The number of hydrogen-bond acceptors (Lipinski definition) is 6. The van der Waals surface area contributed by atoms with Crippen molar-refractivity contribution in [1.29, 1.82) is 0 Å². The van der Waals surface area contributed by atoms with E-state index in [4.69, 9.17) is 14.5 Å². The number of fused-ring (bicyclic) bond motifs is 1. The van der Waals surface area contributed by atoms with Gasteiger partial charge in [-0.25, -0.2) is 4.98 Å². The van der Waals surface area contributed by atoms with E-state index in [9.17, 15) is 4.79 Å². The van der Waals surface area contributed by atoms with Gasteiger partial charge in [0, 0.05) is 25.2 Å². The molecule has 3 heterocycles. The van der Waals surface area contributed by atoms with E-state index in [0.717, 1.165) is 61.8 Å². The van der Waals surface area contributed by atoms with Gasteiger partial charge in [-0.05, 0) is 99.5 Å². The Hall–Kier alpha value is -3.38. The summed E-state index contributed by atoms with van der Waals surface area (Å²) in [4.78, 5) is 20.0. The second-order valence-electron chi connectivity index (χ2n) is 11.3. The van der Waals surface area contributed by atoms with Crippen LogP contribution in [0.15, 0.2) is 48.5 Å². The fraction of sp³-hybridized carbons (Fsp3) is 0.455. The first-order valence-corrected chi connectivity index (χ1v) is 14.2. The number of anilines is 1. The highest BCUT2D eigenvalue weighted by Crippen LogP contribution is 2.39. The van der Waals surface area contributed by atoms with Crippen LogP contribution in [-0.2, 0) is 29.1 Å². The summed E-state index contributed by atoms with van der Waals surface area (Å²) >= 11 is 0. The Morgan fingerprint density at radius 1 is 1.18 bits per heavy atom.